The molecule has 0 aliphatic carbocycles. The molecule has 1 fully saturated rings. The number of esters is 1. The summed E-state index contributed by atoms with van der Waals surface area (Å²) >= 11 is 0. The first kappa shape index (κ1) is 15.5. The lowest BCUT2D eigenvalue weighted by atomic mass is 9.77. The quantitative estimate of drug-likeness (QED) is 0.608. The Morgan fingerprint density at radius 1 is 1.00 bits per heavy atom. The Morgan fingerprint density at radius 3 is 2.17 bits per heavy atom. The van der Waals surface area contributed by atoms with E-state index < -0.39 is 35.9 Å². The highest BCUT2D eigenvalue weighted by atomic mass is 19.4. The summed E-state index contributed by atoms with van der Waals surface area (Å²) in [7, 11) is 0. The van der Waals surface area contributed by atoms with Gasteiger partial charge in [0, 0.05) is 11.5 Å². The molecule has 0 amide bonds. The van der Waals surface area contributed by atoms with Gasteiger partial charge in [-0.2, -0.15) is 13.2 Å². The van der Waals surface area contributed by atoms with Crippen LogP contribution in [-0.2, 0) is 15.1 Å². The summed E-state index contributed by atoms with van der Waals surface area (Å²) in [6.45, 7) is 0. The van der Waals surface area contributed by atoms with Crippen molar-refractivity contribution in [3.05, 3.63) is 71.5 Å². The molecule has 2 aromatic rings. The number of hydrogen-bond acceptors (Lipinski definition) is 2. The molecule has 0 saturated carbocycles. The second-order valence-corrected chi connectivity index (χ2v) is 5.38. The number of carbonyl (C=O) groups is 1. The molecule has 1 aliphatic rings. The molecule has 23 heavy (non-hydrogen) atoms. The van der Waals surface area contributed by atoms with Crippen molar-refractivity contribution in [3.63, 3.8) is 0 Å². The Hall–Kier alpha value is -2.37. The number of cyclic esters (lactones) is 1. The molecular formula is C17H12F4O2. The van der Waals surface area contributed by atoms with Gasteiger partial charge in [-0.05, 0) is 17.7 Å². The SMILES string of the molecule is O=C1C[C@@H](c2ccc(F)cc2)[C@@](c2ccccc2)(C(F)(F)F)O1. The lowest BCUT2D eigenvalue weighted by Crippen LogP contribution is -2.46. The molecule has 0 N–H and O–H groups in total. The molecular weight excluding hydrogens is 312 g/mol. The van der Waals surface area contributed by atoms with Crippen molar-refractivity contribution < 1.29 is 27.1 Å². The molecule has 2 aromatic carbocycles. The number of alkyl halides is 3. The van der Waals surface area contributed by atoms with Crippen molar-refractivity contribution in [2.75, 3.05) is 0 Å². The molecule has 2 nitrogen and oxygen atoms in total. The Labute approximate surface area is 129 Å². The van der Waals surface area contributed by atoms with Gasteiger partial charge in [0.15, 0.2) is 0 Å². The predicted molar refractivity (Wildman–Crippen MR) is 74.0 cm³/mol. The highest BCUT2D eigenvalue weighted by Crippen LogP contribution is 2.56. The largest absolute Gasteiger partial charge is 0.444 e. The van der Waals surface area contributed by atoms with E-state index in [-0.39, 0.29) is 11.1 Å². The fraction of sp³-hybridized carbons (Fsp3) is 0.235. The Morgan fingerprint density at radius 2 is 1.61 bits per heavy atom. The van der Waals surface area contributed by atoms with Crippen molar-refractivity contribution >= 4 is 5.97 Å². The fourth-order valence-electron chi connectivity index (χ4n) is 3.02. The number of hydrogen-bond donors (Lipinski definition) is 0. The van der Waals surface area contributed by atoms with E-state index in [2.05, 4.69) is 0 Å². The Bertz CT molecular complexity index is 710. The lowest BCUT2D eigenvalue weighted by Gasteiger charge is -2.35. The zero-order chi connectivity index (χ0) is 16.7. The van der Waals surface area contributed by atoms with Crippen molar-refractivity contribution in [1.29, 1.82) is 0 Å². The molecule has 0 radical (unpaired) electrons. The highest BCUT2D eigenvalue weighted by molar-refractivity contribution is 5.75. The average Bonchev–Trinajstić information content (AvgIpc) is 2.87. The molecule has 1 heterocycles. The molecule has 0 aromatic heterocycles. The van der Waals surface area contributed by atoms with Crippen LogP contribution in [0.1, 0.15) is 23.5 Å². The minimum absolute atomic E-state index is 0.146. The van der Waals surface area contributed by atoms with Gasteiger partial charge in [-0.3, -0.25) is 4.79 Å². The molecule has 3 rings (SSSR count). The molecule has 0 bridgehead atoms. The van der Waals surface area contributed by atoms with Gasteiger partial charge in [0.1, 0.15) is 5.82 Å². The van der Waals surface area contributed by atoms with Crippen LogP contribution in [0.4, 0.5) is 17.6 Å². The van der Waals surface area contributed by atoms with Crippen LogP contribution in [0, 0.1) is 5.82 Å². The van der Waals surface area contributed by atoms with E-state index in [0.717, 1.165) is 12.1 Å². The standard InChI is InChI=1S/C17H12F4O2/c18-13-8-6-11(7-9-13)14-10-15(22)23-16(14,17(19,20)21)12-4-2-1-3-5-12/h1-9,14H,10H2/t14-,16-/m0/s1. The van der Waals surface area contributed by atoms with Crippen LogP contribution in [0.25, 0.3) is 0 Å². The second-order valence-electron chi connectivity index (χ2n) is 5.38. The number of halogens is 4. The second kappa shape index (κ2) is 5.37. The molecule has 0 spiro atoms. The van der Waals surface area contributed by atoms with Crippen molar-refractivity contribution in [3.8, 4) is 0 Å². The maximum atomic E-state index is 13.9. The topological polar surface area (TPSA) is 26.3 Å². The summed E-state index contributed by atoms with van der Waals surface area (Å²) in [5, 5.41) is 0. The van der Waals surface area contributed by atoms with Gasteiger partial charge in [-0.15, -0.1) is 0 Å². The third-order valence-electron chi connectivity index (χ3n) is 4.03. The van der Waals surface area contributed by atoms with Crippen molar-refractivity contribution in [1.82, 2.24) is 0 Å². The van der Waals surface area contributed by atoms with Gasteiger partial charge in [0.2, 0.25) is 5.60 Å². The average molecular weight is 324 g/mol. The minimum Gasteiger partial charge on any atom is -0.444 e. The van der Waals surface area contributed by atoms with E-state index >= 15 is 0 Å². The normalized spacial score (nSPS) is 24.5. The van der Waals surface area contributed by atoms with Crippen LogP contribution in [0.3, 0.4) is 0 Å². The van der Waals surface area contributed by atoms with Crippen LogP contribution in [0.5, 0.6) is 0 Å². The van der Waals surface area contributed by atoms with Gasteiger partial charge in [-0.25, -0.2) is 4.39 Å². The first-order chi connectivity index (χ1) is 10.8. The Kier molecular flexibility index (Phi) is 3.62. The van der Waals surface area contributed by atoms with Crippen LogP contribution in [-0.4, -0.2) is 12.1 Å². The van der Waals surface area contributed by atoms with Crippen LogP contribution < -0.4 is 0 Å². The van der Waals surface area contributed by atoms with Crippen molar-refractivity contribution in [2.45, 2.75) is 24.1 Å². The van der Waals surface area contributed by atoms with Gasteiger partial charge in [0.05, 0.1) is 6.42 Å². The maximum absolute atomic E-state index is 13.9. The molecule has 0 unspecified atom stereocenters. The molecule has 2 atom stereocenters. The highest BCUT2D eigenvalue weighted by Gasteiger charge is 2.67. The van der Waals surface area contributed by atoms with Gasteiger partial charge >= 0.3 is 12.1 Å². The van der Waals surface area contributed by atoms with E-state index in [0.29, 0.717) is 0 Å². The van der Waals surface area contributed by atoms with E-state index in [1.165, 1.54) is 36.4 Å². The number of benzene rings is 2. The van der Waals surface area contributed by atoms with Gasteiger partial charge in [-0.1, -0.05) is 42.5 Å². The first-order valence-corrected chi connectivity index (χ1v) is 6.94. The zero-order valence-corrected chi connectivity index (χ0v) is 11.8. The van der Waals surface area contributed by atoms with Crippen molar-refractivity contribution in [2.24, 2.45) is 0 Å². The smallest absolute Gasteiger partial charge is 0.433 e. The van der Waals surface area contributed by atoms with Gasteiger partial charge < -0.3 is 4.74 Å². The van der Waals surface area contributed by atoms with E-state index in [1.807, 2.05) is 0 Å². The first-order valence-electron chi connectivity index (χ1n) is 6.94. The van der Waals surface area contributed by atoms with Crippen LogP contribution >= 0.6 is 0 Å². The zero-order valence-electron chi connectivity index (χ0n) is 11.8. The predicted octanol–water partition coefficient (Wildman–Crippen LogP) is 4.31. The maximum Gasteiger partial charge on any atom is 0.433 e. The number of ether oxygens (including phenoxy) is 1. The van der Waals surface area contributed by atoms with Gasteiger partial charge in [0.25, 0.3) is 0 Å². The molecule has 1 aliphatic heterocycles. The van der Waals surface area contributed by atoms with Crippen LogP contribution in [0.2, 0.25) is 0 Å². The number of rotatable bonds is 2. The third-order valence-corrected chi connectivity index (χ3v) is 4.03. The molecule has 6 heteroatoms. The van der Waals surface area contributed by atoms with E-state index in [4.69, 9.17) is 4.74 Å². The van der Waals surface area contributed by atoms with E-state index in [1.54, 1.807) is 6.07 Å². The minimum atomic E-state index is -4.81. The molecule has 1 saturated heterocycles. The summed E-state index contributed by atoms with van der Waals surface area (Å²) in [4.78, 5) is 11.7. The summed E-state index contributed by atoms with van der Waals surface area (Å²) in [5.41, 5.74) is -2.70. The summed E-state index contributed by atoms with van der Waals surface area (Å²) in [6.07, 6.45) is -5.22. The Balaban J connectivity index is 2.20. The third kappa shape index (κ3) is 2.48. The summed E-state index contributed by atoms with van der Waals surface area (Å²) in [5.74, 6) is -2.75. The molecule has 120 valence electrons. The fourth-order valence-corrected chi connectivity index (χ4v) is 3.02. The van der Waals surface area contributed by atoms with Crippen LogP contribution in [0.15, 0.2) is 54.6 Å². The summed E-state index contributed by atoms with van der Waals surface area (Å²) < 4.78 is 59.7. The monoisotopic (exact) mass is 324 g/mol. The summed E-state index contributed by atoms with van der Waals surface area (Å²) in [6, 6.07) is 11.7. The number of carbonyl (C=O) groups excluding carboxylic acids is 1. The van der Waals surface area contributed by atoms with E-state index in [9.17, 15) is 22.4 Å². The lowest BCUT2D eigenvalue weighted by molar-refractivity contribution is -0.269.